The molecule has 0 bridgehead atoms. The van der Waals surface area contributed by atoms with E-state index in [1.807, 2.05) is 23.6 Å². The first kappa shape index (κ1) is 15.6. The molecule has 23 heavy (non-hydrogen) atoms. The molecule has 0 aliphatic heterocycles. The van der Waals surface area contributed by atoms with E-state index in [-0.39, 0.29) is 17.8 Å². The van der Waals surface area contributed by atoms with E-state index in [0.29, 0.717) is 21.8 Å². The highest BCUT2D eigenvalue weighted by Crippen LogP contribution is 2.25. The van der Waals surface area contributed by atoms with Crippen LogP contribution in [0.2, 0.25) is 5.02 Å². The maximum Gasteiger partial charge on any atom is 0.235 e. The minimum atomic E-state index is -0.249. The van der Waals surface area contributed by atoms with Gasteiger partial charge in [0, 0.05) is 9.90 Å². The quantitative estimate of drug-likeness (QED) is 0.594. The van der Waals surface area contributed by atoms with Gasteiger partial charge in [0.15, 0.2) is 5.76 Å². The molecule has 2 heterocycles. The average molecular weight is 345 g/mol. The number of thiophene rings is 1. The fraction of sp³-hybridized carbons (Fsp3) is 0.0556. The molecule has 0 unspecified atom stereocenters. The average Bonchev–Trinajstić information content (AvgIpc) is 3.06. The number of rotatable bonds is 5. The summed E-state index contributed by atoms with van der Waals surface area (Å²) in [6.07, 6.45) is 5.19. The summed E-state index contributed by atoms with van der Waals surface area (Å²) in [5, 5.41) is 2.85. The Labute approximate surface area is 142 Å². The first-order valence-electron chi connectivity index (χ1n) is 6.90. The molecule has 0 N–H and O–H groups in total. The molecule has 0 spiro atoms. The standard InChI is InChI=1S/C18H13ClO3S/c1-2-9-21-18-16(8-6-13-4-3-10-23-13)22-15-7-5-12(19)11-14(15)17(18)20/h2-8,10-11H,1,9H2/b8-6+. The van der Waals surface area contributed by atoms with Crippen molar-refractivity contribution in [2.45, 2.75) is 0 Å². The zero-order valence-electron chi connectivity index (χ0n) is 12.1. The molecule has 0 aliphatic rings. The van der Waals surface area contributed by atoms with Crippen molar-refractivity contribution in [2.24, 2.45) is 0 Å². The summed E-state index contributed by atoms with van der Waals surface area (Å²) in [4.78, 5) is 13.7. The molecule has 0 fully saturated rings. The second kappa shape index (κ2) is 6.86. The third kappa shape index (κ3) is 3.38. The smallest absolute Gasteiger partial charge is 0.235 e. The van der Waals surface area contributed by atoms with E-state index < -0.39 is 0 Å². The summed E-state index contributed by atoms with van der Waals surface area (Å²) in [6.45, 7) is 3.82. The Kier molecular flexibility index (Phi) is 4.65. The lowest BCUT2D eigenvalue weighted by Gasteiger charge is -2.08. The van der Waals surface area contributed by atoms with Crippen LogP contribution in [0.4, 0.5) is 0 Å². The number of fused-ring (bicyclic) bond motifs is 1. The minimum Gasteiger partial charge on any atom is -0.482 e. The molecule has 1 aromatic carbocycles. The van der Waals surface area contributed by atoms with Gasteiger partial charge in [-0.1, -0.05) is 30.3 Å². The van der Waals surface area contributed by atoms with Crippen molar-refractivity contribution in [1.29, 1.82) is 0 Å². The van der Waals surface area contributed by atoms with Gasteiger partial charge in [0.2, 0.25) is 11.2 Å². The number of hydrogen-bond acceptors (Lipinski definition) is 4. The van der Waals surface area contributed by atoms with Gasteiger partial charge in [-0.15, -0.1) is 11.3 Å². The van der Waals surface area contributed by atoms with Crippen molar-refractivity contribution in [2.75, 3.05) is 6.61 Å². The van der Waals surface area contributed by atoms with Crippen molar-refractivity contribution in [3.05, 3.63) is 74.3 Å². The van der Waals surface area contributed by atoms with Crippen LogP contribution in [-0.4, -0.2) is 6.61 Å². The molecular weight excluding hydrogens is 332 g/mol. The highest BCUT2D eigenvalue weighted by Gasteiger charge is 2.14. The fourth-order valence-corrected chi connectivity index (χ4v) is 2.89. The van der Waals surface area contributed by atoms with Gasteiger partial charge < -0.3 is 9.15 Å². The van der Waals surface area contributed by atoms with Crippen LogP contribution in [0.1, 0.15) is 10.6 Å². The van der Waals surface area contributed by atoms with E-state index in [1.54, 1.807) is 41.7 Å². The molecule has 5 heteroatoms. The molecule has 0 radical (unpaired) electrons. The molecule has 0 saturated heterocycles. The van der Waals surface area contributed by atoms with Crippen molar-refractivity contribution in [3.63, 3.8) is 0 Å². The Morgan fingerprint density at radius 2 is 2.17 bits per heavy atom. The van der Waals surface area contributed by atoms with Crippen LogP contribution in [0.25, 0.3) is 23.1 Å². The molecule has 3 rings (SSSR count). The Morgan fingerprint density at radius 3 is 2.91 bits per heavy atom. The van der Waals surface area contributed by atoms with Crippen molar-refractivity contribution in [3.8, 4) is 5.75 Å². The van der Waals surface area contributed by atoms with Crippen LogP contribution in [0.5, 0.6) is 5.75 Å². The van der Waals surface area contributed by atoms with Crippen LogP contribution in [0.3, 0.4) is 0 Å². The van der Waals surface area contributed by atoms with Crippen LogP contribution in [-0.2, 0) is 0 Å². The van der Waals surface area contributed by atoms with E-state index in [1.165, 1.54) is 0 Å². The van der Waals surface area contributed by atoms with Gasteiger partial charge in [-0.2, -0.15) is 0 Å². The zero-order valence-corrected chi connectivity index (χ0v) is 13.7. The highest BCUT2D eigenvalue weighted by molar-refractivity contribution is 7.10. The Hall–Kier alpha value is -2.30. The maximum atomic E-state index is 12.7. The number of hydrogen-bond donors (Lipinski definition) is 0. The molecule has 0 amide bonds. The van der Waals surface area contributed by atoms with E-state index in [9.17, 15) is 4.79 Å². The number of ether oxygens (including phenoxy) is 1. The van der Waals surface area contributed by atoms with E-state index in [4.69, 9.17) is 20.8 Å². The summed E-state index contributed by atoms with van der Waals surface area (Å²) in [7, 11) is 0. The zero-order chi connectivity index (χ0) is 16.2. The first-order valence-corrected chi connectivity index (χ1v) is 8.16. The Morgan fingerprint density at radius 1 is 1.30 bits per heavy atom. The van der Waals surface area contributed by atoms with Crippen molar-refractivity contribution < 1.29 is 9.15 Å². The topological polar surface area (TPSA) is 39.4 Å². The van der Waals surface area contributed by atoms with Gasteiger partial charge >= 0.3 is 0 Å². The fourth-order valence-electron chi connectivity index (χ4n) is 2.10. The molecular formula is C18H13ClO3S. The molecule has 2 aromatic heterocycles. The molecule has 3 aromatic rings. The van der Waals surface area contributed by atoms with Gasteiger partial charge in [0.05, 0.1) is 5.39 Å². The lowest BCUT2D eigenvalue weighted by atomic mass is 10.2. The number of halogens is 1. The summed E-state index contributed by atoms with van der Waals surface area (Å²) in [5.74, 6) is 0.535. The van der Waals surface area contributed by atoms with Crippen LogP contribution in [0.15, 0.2) is 57.6 Å². The van der Waals surface area contributed by atoms with Gasteiger partial charge in [-0.3, -0.25) is 4.79 Å². The van der Waals surface area contributed by atoms with E-state index >= 15 is 0 Å². The normalized spacial score (nSPS) is 11.2. The molecule has 3 nitrogen and oxygen atoms in total. The summed E-state index contributed by atoms with van der Waals surface area (Å²) < 4.78 is 11.3. The molecule has 116 valence electrons. The van der Waals surface area contributed by atoms with Gasteiger partial charge in [-0.05, 0) is 41.8 Å². The molecule has 0 atom stereocenters. The predicted octanol–water partition coefficient (Wildman–Crippen LogP) is 5.24. The summed E-state index contributed by atoms with van der Waals surface area (Å²) in [5.41, 5.74) is 0.220. The summed E-state index contributed by atoms with van der Waals surface area (Å²) >= 11 is 7.56. The third-order valence-electron chi connectivity index (χ3n) is 3.12. The van der Waals surface area contributed by atoms with Crippen LogP contribution < -0.4 is 10.2 Å². The maximum absolute atomic E-state index is 12.7. The van der Waals surface area contributed by atoms with Crippen molar-refractivity contribution >= 4 is 46.1 Å². The second-order valence-corrected chi connectivity index (χ2v) is 6.13. The van der Waals surface area contributed by atoms with Crippen LogP contribution in [0, 0.1) is 0 Å². The Balaban J connectivity index is 2.15. The van der Waals surface area contributed by atoms with Crippen molar-refractivity contribution in [1.82, 2.24) is 0 Å². The van der Waals surface area contributed by atoms with Gasteiger partial charge in [0.1, 0.15) is 12.2 Å². The van der Waals surface area contributed by atoms with Gasteiger partial charge in [0.25, 0.3) is 0 Å². The molecule has 0 saturated carbocycles. The third-order valence-corrected chi connectivity index (χ3v) is 4.20. The Bertz CT molecular complexity index is 923. The monoisotopic (exact) mass is 344 g/mol. The predicted molar refractivity (Wildman–Crippen MR) is 96.4 cm³/mol. The summed E-state index contributed by atoms with van der Waals surface area (Å²) in [6, 6.07) is 8.88. The highest BCUT2D eigenvalue weighted by atomic mass is 35.5. The molecule has 0 aliphatic carbocycles. The lowest BCUT2D eigenvalue weighted by molar-refractivity contribution is 0.346. The minimum absolute atomic E-state index is 0.160. The largest absolute Gasteiger partial charge is 0.482 e. The van der Waals surface area contributed by atoms with E-state index in [0.717, 1.165) is 4.88 Å². The number of benzene rings is 1. The van der Waals surface area contributed by atoms with Gasteiger partial charge in [-0.25, -0.2) is 0 Å². The first-order chi connectivity index (χ1) is 11.2. The van der Waals surface area contributed by atoms with Crippen LogP contribution >= 0.6 is 22.9 Å². The lowest BCUT2D eigenvalue weighted by Crippen LogP contribution is -2.10. The second-order valence-electron chi connectivity index (χ2n) is 4.71. The SMILES string of the molecule is C=CCOc1c(/C=C/c2cccs2)oc2ccc(Cl)cc2c1=O. The van der Waals surface area contributed by atoms with E-state index in [2.05, 4.69) is 6.58 Å².